The van der Waals surface area contributed by atoms with Crippen molar-refractivity contribution in [1.82, 2.24) is 10.6 Å². The monoisotopic (exact) mass is 240 g/mol. The van der Waals surface area contributed by atoms with E-state index in [1.807, 2.05) is 0 Å². The van der Waals surface area contributed by atoms with E-state index in [9.17, 15) is 13.6 Å². The molecule has 1 aromatic rings. The zero-order valence-corrected chi connectivity index (χ0v) is 9.30. The quantitative estimate of drug-likeness (QED) is 0.837. The lowest BCUT2D eigenvalue weighted by molar-refractivity contribution is -0.122. The summed E-state index contributed by atoms with van der Waals surface area (Å²) >= 11 is 0. The van der Waals surface area contributed by atoms with Gasteiger partial charge in [0.05, 0.1) is 6.04 Å². The van der Waals surface area contributed by atoms with Gasteiger partial charge in [0.15, 0.2) is 0 Å². The van der Waals surface area contributed by atoms with Crippen molar-refractivity contribution in [3.63, 3.8) is 0 Å². The maximum Gasteiger partial charge on any atom is 0.237 e. The molecule has 1 aliphatic heterocycles. The van der Waals surface area contributed by atoms with Gasteiger partial charge in [-0.05, 0) is 25.5 Å². The summed E-state index contributed by atoms with van der Waals surface area (Å²) in [5, 5.41) is 5.69. The Hall–Kier alpha value is -1.49. The number of carbonyl (C=O) groups is 1. The molecule has 0 bridgehead atoms. The van der Waals surface area contributed by atoms with Crippen molar-refractivity contribution in [2.75, 3.05) is 6.54 Å². The molecule has 1 aromatic carbocycles. The molecule has 92 valence electrons. The van der Waals surface area contributed by atoms with Crippen LogP contribution in [0.15, 0.2) is 18.2 Å². The van der Waals surface area contributed by atoms with Gasteiger partial charge in [0, 0.05) is 18.2 Å². The van der Waals surface area contributed by atoms with Crippen LogP contribution in [-0.2, 0) is 11.3 Å². The Balaban J connectivity index is 1.90. The number of carbonyl (C=O) groups excluding carboxylic acids is 1. The third kappa shape index (κ3) is 3.00. The Bertz CT molecular complexity index is 417. The van der Waals surface area contributed by atoms with Crippen LogP contribution in [0, 0.1) is 11.6 Å². The molecule has 1 saturated heterocycles. The first-order chi connectivity index (χ1) is 8.16. The van der Waals surface area contributed by atoms with Gasteiger partial charge in [-0.1, -0.05) is 6.07 Å². The normalized spacial score (nSPS) is 19.3. The van der Waals surface area contributed by atoms with Crippen LogP contribution < -0.4 is 10.6 Å². The average molecular weight is 240 g/mol. The van der Waals surface area contributed by atoms with Crippen LogP contribution in [0.5, 0.6) is 0 Å². The molecule has 17 heavy (non-hydrogen) atoms. The predicted molar refractivity (Wildman–Crippen MR) is 59.2 cm³/mol. The van der Waals surface area contributed by atoms with Crippen LogP contribution in [0.4, 0.5) is 8.78 Å². The fourth-order valence-corrected chi connectivity index (χ4v) is 1.88. The number of rotatable bonds is 3. The molecule has 2 N–H and O–H groups in total. The molecule has 1 atom stereocenters. The molecule has 0 spiro atoms. The van der Waals surface area contributed by atoms with Crippen molar-refractivity contribution in [2.45, 2.75) is 25.4 Å². The van der Waals surface area contributed by atoms with Crippen molar-refractivity contribution >= 4 is 5.91 Å². The van der Waals surface area contributed by atoms with Crippen molar-refractivity contribution in [3.05, 3.63) is 35.4 Å². The molecule has 0 aliphatic carbocycles. The van der Waals surface area contributed by atoms with Crippen LogP contribution in [0.3, 0.4) is 0 Å². The van der Waals surface area contributed by atoms with E-state index in [2.05, 4.69) is 10.6 Å². The van der Waals surface area contributed by atoms with Crippen LogP contribution in [-0.4, -0.2) is 18.5 Å². The summed E-state index contributed by atoms with van der Waals surface area (Å²) in [6.45, 7) is 0.923. The standard InChI is InChI=1S/C12H14F2N2O/c13-9-4-3-8(10(14)6-9)7-16-12(17)11-2-1-5-15-11/h3-4,6,11,15H,1-2,5,7H2,(H,16,17)/t11-/m0/s1. The fraction of sp³-hybridized carbons (Fsp3) is 0.417. The Kier molecular flexibility index (Phi) is 3.68. The van der Waals surface area contributed by atoms with Crippen molar-refractivity contribution in [2.24, 2.45) is 0 Å². The van der Waals surface area contributed by atoms with Crippen molar-refractivity contribution < 1.29 is 13.6 Å². The number of benzene rings is 1. The maximum atomic E-state index is 13.3. The Labute approximate surface area is 98.2 Å². The second-order valence-corrected chi connectivity index (χ2v) is 4.10. The first kappa shape index (κ1) is 12.0. The molecule has 0 unspecified atom stereocenters. The van der Waals surface area contributed by atoms with E-state index in [-0.39, 0.29) is 24.1 Å². The van der Waals surface area contributed by atoms with Gasteiger partial charge in [0.1, 0.15) is 11.6 Å². The number of amides is 1. The van der Waals surface area contributed by atoms with E-state index in [1.54, 1.807) is 0 Å². The van der Waals surface area contributed by atoms with Crippen LogP contribution >= 0.6 is 0 Å². The zero-order chi connectivity index (χ0) is 12.3. The minimum Gasteiger partial charge on any atom is -0.351 e. The van der Waals surface area contributed by atoms with E-state index in [1.165, 1.54) is 12.1 Å². The Morgan fingerprint density at radius 3 is 2.94 bits per heavy atom. The number of hydrogen-bond donors (Lipinski definition) is 2. The van der Waals surface area contributed by atoms with Gasteiger partial charge in [-0.25, -0.2) is 8.78 Å². The molecular weight excluding hydrogens is 226 g/mol. The van der Waals surface area contributed by atoms with E-state index in [0.717, 1.165) is 25.5 Å². The lowest BCUT2D eigenvalue weighted by Gasteiger charge is -2.11. The fourth-order valence-electron chi connectivity index (χ4n) is 1.88. The highest BCUT2D eigenvalue weighted by atomic mass is 19.1. The molecule has 3 nitrogen and oxygen atoms in total. The molecule has 1 aliphatic rings. The van der Waals surface area contributed by atoms with Crippen LogP contribution in [0.25, 0.3) is 0 Å². The maximum absolute atomic E-state index is 13.3. The number of nitrogens with one attached hydrogen (secondary N) is 2. The minimum absolute atomic E-state index is 0.0864. The topological polar surface area (TPSA) is 41.1 Å². The van der Waals surface area contributed by atoms with Gasteiger partial charge in [-0.3, -0.25) is 4.79 Å². The van der Waals surface area contributed by atoms with Crippen molar-refractivity contribution in [3.8, 4) is 0 Å². The highest BCUT2D eigenvalue weighted by Crippen LogP contribution is 2.10. The smallest absolute Gasteiger partial charge is 0.237 e. The zero-order valence-electron chi connectivity index (χ0n) is 9.30. The molecular formula is C12H14F2N2O. The minimum atomic E-state index is -0.635. The second kappa shape index (κ2) is 5.23. The molecule has 0 aromatic heterocycles. The summed E-state index contributed by atoms with van der Waals surface area (Å²) in [5.41, 5.74) is 0.290. The molecule has 1 fully saturated rings. The molecule has 2 rings (SSSR count). The molecule has 0 radical (unpaired) electrons. The first-order valence-electron chi connectivity index (χ1n) is 5.62. The number of hydrogen-bond acceptors (Lipinski definition) is 2. The highest BCUT2D eigenvalue weighted by molar-refractivity contribution is 5.81. The lowest BCUT2D eigenvalue weighted by atomic mass is 10.2. The van der Waals surface area contributed by atoms with E-state index in [0.29, 0.717) is 0 Å². The van der Waals surface area contributed by atoms with Gasteiger partial charge >= 0.3 is 0 Å². The third-order valence-corrected chi connectivity index (χ3v) is 2.84. The van der Waals surface area contributed by atoms with Crippen molar-refractivity contribution in [1.29, 1.82) is 0 Å². The summed E-state index contributed by atoms with van der Waals surface area (Å²) in [5.74, 6) is -1.38. The molecule has 0 saturated carbocycles. The predicted octanol–water partition coefficient (Wildman–Crippen LogP) is 1.33. The van der Waals surface area contributed by atoms with Crippen LogP contribution in [0.2, 0.25) is 0 Å². The second-order valence-electron chi connectivity index (χ2n) is 4.10. The Morgan fingerprint density at radius 2 is 2.29 bits per heavy atom. The van der Waals surface area contributed by atoms with Gasteiger partial charge in [0.2, 0.25) is 5.91 Å². The lowest BCUT2D eigenvalue weighted by Crippen LogP contribution is -2.40. The van der Waals surface area contributed by atoms with Gasteiger partial charge in [0.25, 0.3) is 0 Å². The van der Waals surface area contributed by atoms with E-state index in [4.69, 9.17) is 0 Å². The number of halogens is 2. The van der Waals surface area contributed by atoms with Gasteiger partial charge in [-0.15, -0.1) is 0 Å². The summed E-state index contributed by atoms with van der Waals surface area (Å²) in [4.78, 5) is 11.6. The summed E-state index contributed by atoms with van der Waals surface area (Å²) < 4.78 is 25.9. The molecule has 1 heterocycles. The highest BCUT2D eigenvalue weighted by Gasteiger charge is 2.21. The SMILES string of the molecule is O=C(NCc1ccc(F)cc1F)[C@@H]1CCCN1. The van der Waals surface area contributed by atoms with Crippen LogP contribution in [0.1, 0.15) is 18.4 Å². The summed E-state index contributed by atoms with van der Waals surface area (Å²) in [7, 11) is 0. The average Bonchev–Trinajstić information content (AvgIpc) is 2.81. The first-order valence-corrected chi connectivity index (χ1v) is 5.62. The molecule has 1 amide bonds. The summed E-state index contributed by atoms with van der Waals surface area (Å²) in [6.07, 6.45) is 1.78. The van der Waals surface area contributed by atoms with E-state index >= 15 is 0 Å². The van der Waals surface area contributed by atoms with Gasteiger partial charge < -0.3 is 10.6 Å². The third-order valence-electron chi connectivity index (χ3n) is 2.84. The molecule has 5 heteroatoms. The largest absolute Gasteiger partial charge is 0.351 e. The van der Waals surface area contributed by atoms with E-state index < -0.39 is 11.6 Å². The van der Waals surface area contributed by atoms with Gasteiger partial charge in [-0.2, -0.15) is 0 Å². The summed E-state index contributed by atoms with van der Waals surface area (Å²) in [6, 6.07) is 3.15. The Morgan fingerprint density at radius 1 is 1.47 bits per heavy atom.